The number of fused-ring (bicyclic) bond motifs is 1. The summed E-state index contributed by atoms with van der Waals surface area (Å²) in [6, 6.07) is 7.79. The van der Waals surface area contributed by atoms with Crippen molar-refractivity contribution in [2.75, 3.05) is 13.7 Å². The molecule has 1 aromatic heterocycles. The van der Waals surface area contributed by atoms with Crippen LogP contribution in [-0.2, 0) is 22.5 Å². The van der Waals surface area contributed by atoms with Crippen molar-refractivity contribution < 1.29 is 14.3 Å². The van der Waals surface area contributed by atoms with E-state index in [1.807, 2.05) is 24.3 Å². The number of ether oxygens (including phenoxy) is 1. The van der Waals surface area contributed by atoms with Gasteiger partial charge < -0.3 is 15.4 Å². The van der Waals surface area contributed by atoms with Crippen LogP contribution in [0, 0.1) is 5.92 Å². The van der Waals surface area contributed by atoms with Gasteiger partial charge in [-0.1, -0.05) is 12.1 Å². The molecule has 2 N–H and O–H groups in total. The lowest BCUT2D eigenvalue weighted by atomic mass is 9.86. The highest BCUT2D eigenvalue weighted by Crippen LogP contribution is 2.30. The summed E-state index contributed by atoms with van der Waals surface area (Å²) in [6.45, 7) is 1.88. The second-order valence-corrected chi connectivity index (χ2v) is 8.52. The number of thiazole rings is 1. The number of carbonyl (C=O) groups excluding carboxylic acids is 2. The third kappa shape index (κ3) is 4.10. The minimum absolute atomic E-state index is 0.0308. The van der Waals surface area contributed by atoms with E-state index in [0.717, 1.165) is 55.8 Å². The van der Waals surface area contributed by atoms with Crippen LogP contribution in [0.1, 0.15) is 46.6 Å². The van der Waals surface area contributed by atoms with Gasteiger partial charge in [-0.15, -0.1) is 11.3 Å². The molecule has 0 spiro atoms. The van der Waals surface area contributed by atoms with Gasteiger partial charge in [0.1, 0.15) is 5.01 Å². The van der Waals surface area contributed by atoms with Gasteiger partial charge >= 0.3 is 5.97 Å². The molecule has 28 heavy (non-hydrogen) atoms. The zero-order chi connectivity index (χ0) is 19.5. The number of methoxy groups -OCH3 is 1. The van der Waals surface area contributed by atoms with Crippen molar-refractivity contribution >= 4 is 23.2 Å². The maximum Gasteiger partial charge on any atom is 0.308 e. The van der Waals surface area contributed by atoms with Gasteiger partial charge in [-0.25, -0.2) is 4.98 Å². The first-order valence-electron chi connectivity index (χ1n) is 9.82. The molecule has 2 aliphatic rings. The summed E-state index contributed by atoms with van der Waals surface area (Å²) in [5, 5.41) is 7.49. The molecule has 1 aromatic carbocycles. The summed E-state index contributed by atoms with van der Waals surface area (Å²) in [4.78, 5) is 30.2. The van der Waals surface area contributed by atoms with Gasteiger partial charge in [0.05, 0.1) is 18.7 Å². The highest BCUT2D eigenvalue weighted by atomic mass is 32.1. The number of esters is 1. The Morgan fingerprint density at radius 2 is 1.93 bits per heavy atom. The van der Waals surface area contributed by atoms with Crippen LogP contribution in [0.5, 0.6) is 0 Å². The molecule has 0 unspecified atom stereocenters. The number of benzene rings is 1. The molecule has 1 amide bonds. The Morgan fingerprint density at radius 3 is 2.61 bits per heavy atom. The van der Waals surface area contributed by atoms with Crippen LogP contribution in [0.25, 0.3) is 10.6 Å². The standard InChI is InChI=1S/C21H25N3O3S/c1-27-21(26)15-6-8-16(9-7-15)23-19(25)13-2-4-14(5-3-13)20-24-17-10-11-22-12-18(17)28-20/h2-5,15-16,22H,6-12H2,1H3,(H,23,25). The minimum Gasteiger partial charge on any atom is -0.469 e. The van der Waals surface area contributed by atoms with Gasteiger partial charge in [-0.2, -0.15) is 0 Å². The summed E-state index contributed by atoms with van der Waals surface area (Å²) in [5.74, 6) is -0.229. The fourth-order valence-corrected chi connectivity index (χ4v) is 5.00. The third-order valence-electron chi connectivity index (χ3n) is 5.59. The van der Waals surface area contributed by atoms with Crippen LogP contribution in [0.2, 0.25) is 0 Å². The molecule has 0 bridgehead atoms. The lowest BCUT2D eigenvalue weighted by molar-refractivity contribution is -0.146. The minimum atomic E-state index is -0.139. The number of amides is 1. The van der Waals surface area contributed by atoms with Gasteiger partial charge in [0.15, 0.2) is 0 Å². The molecular weight excluding hydrogens is 374 g/mol. The maximum atomic E-state index is 12.6. The molecule has 0 saturated heterocycles. The first kappa shape index (κ1) is 19.1. The lowest BCUT2D eigenvalue weighted by Gasteiger charge is -2.27. The van der Waals surface area contributed by atoms with Crippen molar-refractivity contribution in [3.05, 3.63) is 40.4 Å². The van der Waals surface area contributed by atoms with Crippen molar-refractivity contribution in [2.24, 2.45) is 5.92 Å². The van der Waals surface area contributed by atoms with Crippen molar-refractivity contribution in [1.82, 2.24) is 15.6 Å². The van der Waals surface area contributed by atoms with E-state index in [-0.39, 0.29) is 23.8 Å². The normalized spacial score (nSPS) is 21.6. The maximum absolute atomic E-state index is 12.6. The fraction of sp³-hybridized carbons (Fsp3) is 0.476. The quantitative estimate of drug-likeness (QED) is 0.773. The molecule has 2 heterocycles. The Bertz CT molecular complexity index is 831. The van der Waals surface area contributed by atoms with E-state index >= 15 is 0 Å². The van der Waals surface area contributed by atoms with Gasteiger partial charge in [0, 0.05) is 41.6 Å². The van der Waals surface area contributed by atoms with E-state index in [4.69, 9.17) is 9.72 Å². The SMILES string of the molecule is COC(=O)C1CCC(NC(=O)c2ccc(-c3nc4c(s3)CNCC4)cc2)CC1. The van der Waals surface area contributed by atoms with Gasteiger partial charge in [0.2, 0.25) is 0 Å². The van der Waals surface area contributed by atoms with Crippen LogP contribution < -0.4 is 10.6 Å². The number of hydrogen-bond acceptors (Lipinski definition) is 6. The molecular formula is C21H25N3O3S. The number of rotatable bonds is 4. The van der Waals surface area contributed by atoms with E-state index in [1.54, 1.807) is 11.3 Å². The Labute approximate surface area is 168 Å². The topological polar surface area (TPSA) is 80.3 Å². The van der Waals surface area contributed by atoms with Crippen LogP contribution in [-0.4, -0.2) is 36.6 Å². The summed E-state index contributed by atoms with van der Waals surface area (Å²) in [7, 11) is 1.43. The summed E-state index contributed by atoms with van der Waals surface area (Å²) < 4.78 is 4.82. The highest BCUT2D eigenvalue weighted by molar-refractivity contribution is 7.15. The molecule has 6 nitrogen and oxygen atoms in total. The largest absolute Gasteiger partial charge is 0.469 e. The Balaban J connectivity index is 1.35. The first-order chi connectivity index (χ1) is 13.6. The van der Waals surface area contributed by atoms with E-state index in [9.17, 15) is 9.59 Å². The average Bonchev–Trinajstić information content (AvgIpc) is 3.18. The summed E-state index contributed by atoms with van der Waals surface area (Å²) in [5.41, 5.74) is 2.90. The first-order valence-corrected chi connectivity index (χ1v) is 10.6. The van der Waals surface area contributed by atoms with E-state index < -0.39 is 0 Å². The number of nitrogens with zero attached hydrogens (tertiary/aromatic N) is 1. The van der Waals surface area contributed by atoms with E-state index in [0.29, 0.717) is 5.56 Å². The van der Waals surface area contributed by atoms with Crippen LogP contribution in [0.3, 0.4) is 0 Å². The van der Waals surface area contributed by atoms with Gasteiger partial charge in [-0.3, -0.25) is 9.59 Å². The van der Waals surface area contributed by atoms with Crippen LogP contribution >= 0.6 is 11.3 Å². The molecule has 0 radical (unpaired) electrons. The van der Waals surface area contributed by atoms with Crippen molar-refractivity contribution in [1.29, 1.82) is 0 Å². The Morgan fingerprint density at radius 1 is 1.18 bits per heavy atom. The second kappa shape index (κ2) is 8.41. The van der Waals surface area contributed by atoms with Crippen molar-refractivity contribution in [2.45, 2.75) is 44.7 Å². The second-order valence-electron chi connectivity index (χ2n) is 7.44. The van der Waals surface area contributed by atoms with Gasteiger partial charge in [0.25, 0.3) is 5.91 Å². The monoisotopic (exact) mass is 399 g/mol. The number of aromatic nitrogens is 1. The molecule has 1 fully saturated rings. The van der Waals surface area contributed by atoms with Crippen LogP contribution in [0.15, 0.2) is 24.3 Å². The average molecular weight is 400 g/mol. The molecule has 148 valence electrons. The summed E-state index contributed by atoms with van der Waals surface area (Å²) >= 11 is 1.72. The Kier molecular flexibility index (Phi) is 5.73. The number of hydrogen-bond donors (Lipinski definition) is 2. The molecule has 0 atom stereocenters. The van der Waals surface area contributed by atoms with Crippen LogP contribution in [0.4, 0.5) is 0 Å². The molecule has 4 rings (SSSR count). The Hall–Kier alpha value is -2.25. The molecule has 2 aromatic rings. The fourth-order valence-electron chi connectivity index (χ4n) is 3.92. The summed E-state index contributed by atoms with van der Waals surface area (Å²) in [6.07, 6.45) is 4.12. The third-order valence-corrected chi connectivity index (χ3v) is 6.74. The molecule has 1 saturated carbocycles. The van der Waals surface area contributed by atoms with Gasteiger partial charge in [-0.05, 0) is 37.8 Å². The number of carbonyl (C=O) groups is 2. The van der Waals surface area contributed by atoms with E-state index in [2.05, 4.69) is 10.6 Å². The molecule has 1 aliphatic heterocycles. The smallest absolute Gasteiger partial charge is 0.308 e. The predicted octanol–water partition coefficient (Wildman–Crippen LogP) is 2.92. The molecule has 1 aliphatic carbocycles. The van der Waals surface area contributed by atoms with Crippen molar-refractivity contribution in [3.63, 3.8) is 0 Å². The number of nitrogens with one attached hydrogen (secondary N) is 2. The zero-order valence-electron chi connectivity index (χ0n) is 16.0. The predicted molar refractivity (Wildman–Crippen MR) is 108 cm³/mol. The zero-order valence-corrected chi connectivity index (χ0v) is 16.8. The van der Waals surface area contributed by atoms with Crippen molar-refractivity contribution in [3.8, 4) is 10.6 Å². The molecule has 7 heteroatoms. The lowest BCUT2D eigenvalue weighted by Crippen LogP contribution is -2.38. The van der Waals surface area contributed by atoms with E-state index in [1.165, 1.54) is 17.7 Å². The highest BCUT2D eigenvalue weighted by Gasteiger charge is 2.27.